The fourth-order valence-corrected chi connectivity index (χ4v) is 5.83. The molecule has 2 aromatic heterocycles. The Morgan fingerprint density at radius 1 is 1.03 bits per heavy atom. The second kappa shape index (κ2) is 8.65. The molecule has 2 fully saturated rings. The summed E-state index contributed by atoms with van der Waals surface area (Å²) < 4.78 is 14.1. The van der Waals surface area contributed by atoms with Gasteiger partial charge >= 0.3 is 0 Å². The highest BCUT2D eigenvalue weighted by Gasteiger charge is 2.28. The first kappa shape index (κ1) is 21.1. The Balaban J connectivity index is 1.36. The molecule has 1 aromatic carbocycles. The van der Waals surface area contributed by atoms with Crippen LogP contribution in [0.5, 0.6) is 0 Å². The smallest absolute Gasteiger partial charge is 0.264 e. The van der Waals surface area contributed by atoms with E-state index in [9.17, 15) is 9.18 Å². The van der Waals surface area contributed by atoms with Gasteiger partial charge in [0, 0.05) is 39.3 Å². The van der Waals surface area contributed by atoms with Crippen molar-refractivity contribution in [2.45, 2.75) is 26.7 Å². The second-order valence-corrected chi connectivity index (χ2v) is 9.83. The topological polar surface area (TPSA) is 52.6 Å². The number of nitrogens with zero attached hydrogens (tertiary/aromatic N) is 5. The number of aryl methyl sites for hydroxylation is 1. The van der Waals surface area contributed by atoms with E-state index in [0.29, 0.717) is 31.9 Å². The lowest BCUT2D eigenvalue weighted by molar-refractivity contribution is 0.0751. The van der Waals surface area contributed by atoms with Crippen molar-refractivity contribution >= 4 is 39.0 Å². The molecule has 2 aliphatic heterocycles. The summed E-state index contributed by atoms with van der Waals surface area (Å²) in [7, 11) is 0. The number of piperidine rings is 1. The van der Waals surface area contributed by atoms with Gasteiger partial charge in [-0.05, 0) is 43.4 Å². The molecule has 8 heteroatoms. The summed E-state index contributed by atoms with van der Waals surface area (Å²) in [6.45, 7) is 8.67. The van der Waals surface area contributed by atoms with Crippen LogP contribution in [-0.4, -0.2) is 60.0 Å². The van der Waals surface area contributed by atoms with E-state index in [1.165, 1.54) is 17.4 Å². The number of carbonyl (C=O) groups excluding carboxylic acids is 1. The highest BCUT2D eigenvalue weighted by molar-refractivity contribution is 7.20. The summed E-state index contributed by atoms with van der Waals surface area (Å²) in [4.78, 5) is 30.3. The zero-order valence-corrected chi connectivity index (χ0v) is 19.4. The van der Waals surface area contributed by atoms with Crippen LogP contribution in [-0.2, 0) is 0 Å². The van der Waals surface area contributed by atoms with Crippen LogP contribution in [0, 0.1) is 18.7 Å². The molecule has 168 valence electrons. The van der Waals surface area contributed by atoms with Crippen LogP contribution in [0.15, 0.2) is 30.6 Å². The third-order valence-corrected chi connectivity index (χ3v) is 7.93. The second-order valence-electron chi connectivity index (χ2n) is 8.83. The van der Waals surface area contributed by atoms with Gasteiger partial charge in [0.2, 0.25) is 0 Å². The first-order valence-corrected chi connectivity index (χ1v) is 12.1. The molecular formula is C24H28FN5OS. The van der Waals surface area contributed by atoms with E-state index in [1.54, 1.807) is 18.5 Å². The highest BCUT2D eigenvalue weighted by Crippen LogP contribution is 2.37. The molecule has 2 saturated heterocycles. The van der Waals surface area contributed by atoms with E-state index < -0.39 is 0 Å². The number of fused-ring (bicyclic) bond motifs is 1. The molecule has 1 amide bonds. The van der Waals surface area contributed by atoms with Gasteiger partial charge in [-0.15, -0.1) is 11.3 Å². The fourth-order valence-electron chi connectivity index (χ4n) is 4.72. The Morgan fingerprint density at radius 3 is 2.47 bits per heavy atom. The van der Waals surface area contributed by atoms with Gasteiger partial charge in [-0.25, -0.2) is 14.4 Å². The fraction of sp³-hybridized carbons (Fsp3) is 0.458. The largest absolute Gasteiger partial charge is 0.366 e. The molecule has 5 rings (SSSR count). The lowest BCUT2D eigenvalue weighted by Gasteiger charge is -2.36. The maximum absolute atomic E-state index is 14.1. The summed E-state index contributed by atoms with van der Waals surface area (Å²) in [6.07, 6.45) is 3.94. The minimum absolute atomic E-state index is 0.0388. The molecule has 4 heterocycles. The Labute approximate surface area is 191 Å². The molecule has 0 unspecified atom stereocenters. The third kappa shape index (κ3) is 3.81. The minimum atomic E-state index is -0.217. The summed E-state index contributed by atoms with van der Waals surface area (Å²) in [5, 5.41) is 1.01. The van der Waals surface area contributed by atoms with Gasteiger partial charge in [0.15, 0.2) is 0 Å². The molecule has 3 aromatic rings. The SMILES string of the molecule is Cc1c(C(=O)N2CCN(c3ccccc3F)CC2)sc2ncnc(N3CCC(C)CC3)c12. The number of piperazine rings is 1. The Morgan fingerprint density at radius 2 is 1.75 bits per heavy atom. The van der Waals surface area contributed by atoms with E-state index in [0.717, 1.165) is 58.3 Å². The quantitative estimate of drug-likeness (QED) is 0.591. The molecule has 0 bridgehead atoms. The third-order valence-electron chi connectivity index (χ3n) is 6.74. The van der Waals surface area contributed by atoms with Crippen LogP contribution in [0.1, 0.15) is 35.0 Å². The number of halogens is 1. The molecule has 32 heavy (non-hydrogen) atoms. The standard InChI is InChI=1S/C24H28FN5OS/c1-16-7-9-29(10-8-16)22-20-17(2)21(32-23(20)27-15-26-22)24(31)30-13-11-28(12-14-30)19-6-4-3-5-18(19)25/h3-6,15-16H,7-14H2,1-2H3. The van der Waals surface area contributed by atoms with E-state index >= 15 is 0 Å². The Kier molecular flexibility index (Phi) is 5.71. The number of para-hydroxylation sites is 1. The van der Waals surface area contributed by atoms with Gasteiger partial charge in [0.05, 0.1) is 16.0 Å². The Bertz CT molecular complexity index is 1130. The highest BCUT2D eigenvalue weighted by atomic mass is 32.1. The Hall–Kier alpha value is -2.74. The van der Waals surface area contributed by atoms with Gasteiger partial charge in [-0.1, -0.05) is 19.1 Å². The molecule has 0 spiro atoms. The van der Waals surface area contributed by atoms with Gasteiger partial charge in [0.1, 0.15) is 22.8 Å². The molecule has 0 atom stereocenters. The van der Waals surface area contributed by atoms with Crippen LogP contribution in [0.3, 0.4) is 0 Å². The number of carbonyl (C=O) groups is 1. The van der Waals surface area contributed by atoms with Crippen molar-refractivity contribution in [2.75, 3.05) is 49.1 Å². The van der Waals surface area contributed by atoms with Gasteiger partial charge in [-0.3, -0.25) is 4.79 Å². The first-order chi connectivity index (χ1) is 15.5. The first-order valence-electron chi connectivity index (χ1n) is 11.3. The van der Waals surface area contributed by atoms with Crippen LogP contribution in [0.2, 0.25) is 0 Å². The molecule has 0 aliphatic carbocycles. The molecule has 0 N–H and O–H groups in total. The van der Waals surface area contributed by atoms with Crippen molar-refractivity contribution in [3.8, 4) is 0 Å². The van der Waals surface area contributed by atoms with Gasteiger partial charge < -0.3 is 14.7 Å². The number of hydrogen-bond acceptors (Lipinski definition) is 6. The average molecular weight is 454 g/mol. The van der Waals surface area contributed by atoms with Crippen molar-refractivity contribution in [3.05, 3.63) is 46.9 Å². The van der Waals surface area contributed by atoms with Crippen molar-refractivity contribution in [2.24, 2.45) is 5.92 Å². The zero-order valence-electron chi connectivity index (χ0n) is 18.6. The number of thiophene rings is 1. The normalized spacial score (nSPS) is 17.9. The maximum atomic E-state index is 14.1. The monoisotopic (exact) mass is 453 g/mol. The van der Waals surface area contributed by atoms with E-state index in [1.807, 2.05) is 22.8 Å². The number of benzene rings is 1. The predicted octanol–water partition coefficient (Wildman–Crippen LogP) is 4.34. The van der Waals surface area contributed by atoms with Gasteiger partial charge in [0.25, 0.3) is 5.91 Å². The summed E-state index contributed by atoms with van der Waals surface area (Å²) in [6, 6.07) is 6.82. The number of rotatable bonds is 3. The molecule has 0 radical (unpaired) electrons. The number of amides is 1. The number of hydrogen-bond donors (Lipinski definition) is 0. The molecular weight excluding hydrogens is 425 g/mol. The minimum Gasteiger partial charge on any atom is -0.366 e. The van der Waals surface area contributed by atoms with Gasteiger partial charge in [-0.2, -0.15) is 0 Å². The maximum Gasteiger partial charge on any atom is 0.264 e. The number of aromatic nitrogens is 2. The molecule has 0 saturated carbocycles. The predicted molar refractivity (Wildman–Crippen MR) is 127 cm³/mol. The van der Waals surface area contributed by atoms with Crippen LogP contribution >= 0.6 is 11.3 Å². The van der Waals surface area contributed by atoms with E-state index in [-0.39, 0.29) is 11.7 Å². The lowest BCUT2D eigenvalue weighted by Crippen LogP contribution is -2.49. The van der Waals surface area contributed by atoms with Crippen molar-refractivity contribution < 1.29 is 9.18 Å². The zero-order chi connectivity index (χ0) is 22.2. The summed E-state index contributed by atoms with van der Waals surface area (Å²) in [5.41, 5.74) is 1.58. The number of anilines is 2. The van der Waals surface area contributed by atoms with Crippen molar-refractivity contribution in [3.63, 3.8) is 0 Å². The molecule has 2 aliphatic rings. The van der Waals surface area contributed by atoms with E-state index in [4.69, 9.17) is 0 Å². The van der Waals surface area contributed by atoms with Crippen LogP contribution in [0.25, 0.3) is 10.2 Å². The van der Waals surface area contributed by atoms with Crippen LogP contribution in [0.4, 0.5) is 15.9 Å². The van der Waals surface area contributed by atoms with Crippen molar-refractivity contribution in [1.82, 2.24) is 14.9 Å². The van der Waals surface area contributed by atoms with E-state index in [2.05, 4.69) is 21.8 Å². The average Bonchev–Trinajstić information content (AvgIpc) is 3.16. The van der Waals surface area contributed by atoms with Crippen LogP contribution < -0.4 is 9.80 Å². The lowest BCUT2D eigenvalue weighted by atomic mass is 9.99. The summed E-state index contributed by atoms with van der Waals surface area (Å²) >= 11 is 1.46. The molecule has 6 nitrogen and oxygen atoms in total. The summed E-state index contributed by atoms with van der Waals surface area (Å²) in [5.74, 6) is 1.52. The van der Waals surface area contributed by atoms with Crippen molar-refractivity contribution in [1.29, 1.82) is 0 Å².